The van der Waals surface area contributed by atoms with Gasteiger partial charge in [0.1, 0.15) is 0 Å². The second-order valence-corrected chi connectivity index (χ2v) is 10.3. The SMILES string of the molecule is COC(=O)c1ccc2c(c1)/C(=C(/Nc1ccc(CN3CCCCC3)cc1)c1ccc3c(ccn3C)c1)C(=O)N2. The fraction of sp³-hybridized carbons (Fsp3) is 0.250. The highest BCUT2D eigenvalue weighted by atomic mass is 16.5. The number of nitrogens with zero attached hydrogens (tertiary/aromatic N) is 2. The van der Waals surface area contributed by atoms with Crippen LogP contribution in [0.1, 0.15) is 46.3 Å². The molecular weight excluding hydrogens is 488 g/mol. The first kappa shape index (κ1) is 24.9. The average molecular weight is 521 g/mol. The monoisotopic (exact) mass is 520 g/mol. The molecule has 6 rings (SSSR count). The van der Waals surface area contributed by atoms with Crippen LogP contribution in [0.3, 0.4) is 0 Å². The van der Waals surface area contributed by atoms with Gasteiger partial charge < -0.3 is 19.9 Å². The Hall–Kier alpha value is -4.36. The molecule has 0 aliphatic carbocycles. The molecule has 0 unspecified atom stereocenters. The summed E-state index contributed by atoms with van der Waals surface area (Å²) in [7, 11) is 3.37. The van der Waals surface area contributed by atoms with Crippen LogP contribution >= 0.6 is 0 Å². The predicted molar refractivity (Wildman–Crippen MR) is 155 cm³/mol. The van der Waals surface area contributed by atoms with E-state index in [-0.39, 0.29) is 5.91 Å². The minimum absolute atomic E-state index is 0.218. The van der Waals surface area contributed by atoms with Crippen LogP contribution in [0.15, 0.2) is 72.9 Å². The standard InChI is InChI=1S/C32H32N4O3/c1-35-17-14-22-18-23(9-13-28(22)35)30(29-26-19-24(32(38)39-2)8-12-27(26)34-31(29)37)33-25-10-6-21(7-11-25)20-36-15-4-3-5-16-36/h6-14,17-19,33H,3-5,15-16,20H2,1-2H3,(H,34,37)/b30-29-. The number of esters is 1. The van der Waals surface area contributed by atoms with Crippen molar-refractivity contribution in [2.24, 2.45) is 7.05 Å². The molecule has 1 amide bonds. The van der Waals surface area contributed by atoms with Crippen LogP contribution in [0.2, 0.25) is 0 Å². The van der Waals surface area contributed by atoms with Gasteiger partial charge in [0, 0.05) is 47.6 Å². The normalized spacial score (nSPS) is 16.6. The first-order valence-corrected chi connectivity index (χ1v) is 13.4. The van der Waals surface area contributed by atoms with Crippen molar-refractivity contribution >= 4 is 45.4 Å². The summed E-state index contributed by atoms with van der Waals surface area (Å²) in [4.78, 5) is 28.2. The van der Waals surface area contributed by atoms with Gasteiger partial charge in [-0.25, -0.2) is 4.79 Å². The number of amides is 1. The molecular formula is C32H32N4O3. The molecule has 3 heterocycles. The molecule has 1 aromatic heterocycles. The fourth-order valence-electron chi connectivity index (χ4n) is 5.59. The molecule has 0 spiro atoms. The Labute approximate surface area is 228 Å². The largest absolute Gasteiger partial charge is 0.465 e. The van der Waals surface area contributed by atoms with Gasteiger partial charge >= 0.3 is 5.97 Å². The van der Waals surface area contributed by atoms with E-state index in [2.05, 4.69) is 62.6 Å². The summed E-state index contributed by atoms with van der Waals surface area (Å²) in [6, 6.07) is 21.8. The molecule has 2 aliphatic rings. The predicted octanol–water partition coefficient (Wildman–Crippen LogP) is 5.88. The lowest BCUT2D eigenvalue weighted by Gasteiger charge is -2.26. The van der Waals surface area contributed by atoms with Gasteiger partial charge in [-0.1, -0.05) is 24.6 Å². The van der Waals surface area contributed by atoms with Crippen molar-refractivity contribution < 1.29 is 14.3 Å². The van der Waals surface area contributed by atoms with Gasteiger partial charge in [0.25, 0.3) is 5.91 Å². The molecule has 0 radical (unpaired) electrons. The maximum atomic E-state index is 13.4. The quantitative estimate of drug-likeness (QED) is 0.245. The maximum Gasteiger partial charge on any atom is 0.337 e. The van der Waals surface area contributed by atoms with Gasteiger partial charge in [-0.3, -0.25) is 9.69 Å². The summed E-state index contributed by atoms with van der Waals surface area (Å²) in [5.41, 5.74) is 7.05. The van der Waals surface area contributed by atoms with Gasteiger partial charge in [-0.2, -0.15) is 0 Å². The van der Waals surface area contributed by atoms with Crippen molar-refractivity contribution in [2.75, 3.05) is 30.8 Å². The van der Waals surface area contributed by atoms with E-state index >= 15 is 0 Å². The molecule has 0 atom stereocenters. The third-order valence-electron chi connectivity index (χ3n) is 7.69. The molecule has 7 nitrogen and oxygen atoms in total. The number of carbonyl (C=O) groups is 2. The fourth-order valence-corrected chi connectivity index (χ4v) is 5.59. The zero-order chi connectivity index (χ0) is 26.9. The number of anilines is 2. The summed E-state index contributed by atoms with van der Waals surface area (Å²) in [6.07, 6.45) is 5.88. The van der Waals surface area contributed by atoms with E-state index in [1.54, 1.807) is 18.2 Å². The molecule has 2 N–H and O–H groups in total. The molecule has 0 saturated carbocycles. The molecule has 2 aliphatic heterocycles. The van der Waals surface area contributed by atoms with Gasteiger partial charge in [0.2, 0.25) is 0 Å². The van der Waals surface area contributed by atoms with Crippen LogP contribution in [0.5, 0.6) is 0 Å². The number of methoxy groups -OCH3 is 1. The summed E-state index contributed by atoms with van der Waals surface area (Å²) in [6.45, 7) is 3.26. The molecule has 198 valence electrons. The first-order chi connectivity index (χ1) is 19.0. The number of likely N-dealkylation sites (tertiary alicyclic amines) is 1. The number of piperidine rings is 1. The molecule has 39 heavy (non-hydrogen) atoms. The van der Waals surface area contributed by atoms with Crippen LogP contribution in [-0.4, -0.2) is 41.5 Å². The van der Waals surface area contributed by atoms with Gasteiger partial charge in [0.15, 0.2) is 0 Å². The zero-order valence-corrected chi connectivity index (χ0v) is 22.3. The molecule has 4 aromatic rings. The molecule has 7 heteroatoms. The average Bonchev–Trinajstić information content (AvgIpc) is 3.50. The topological polar surface area (TPSA) is 75.6 Å². The van der Waals surface area contributed by atoms with Crippen molar-refractivity contribution in [3.63, 3.8) is 0 Å². The molecule has 3 aromatic carbocycles. The minimum atomic E-state index is -0.444. The number of nitrogens with one attached hydrogen (secondary N) is 2. The Morgan fingerprint density at radius 2 is 1.72 bits per heavy atom. The number of benzene rings is 3. The third kappa shape index (κ3) is 4.93. The minimum Gasteiger partial charge on any atom is -0.465 e. The number of fused-ring (bicyclic) bond motifs is 2. The number of carbonyl (C=O) groups excluding carboxylic acids is 2. The van der Waals surface area contributed by atoms with E-state index in [1.807, 2.05) is 19.3 Å². The van der Waals surface area contributed by atoms with Crippen LogP contribution < -0.4 is 10.6 Å². The van der Waals surface area contributed by atoms with E-state index in [0.717, 1.165) is 41.8 Å². The van der Waals surface area contributed by atoms with Crippen molar-refractivity contribution in [3.05, 3.63) is 95.2 Å². The second-order valence-electron chi connectivity index (χ2n) is 10.3. The van der Waals surface area contributed by atoms with Crippen molar-refractivity contribution in [1.82, 2.24) is 9.47 Å². The van der Waals surface area contributed by atoms with Crippen molar-refractivity contribution in [2.45, 2.75) is 25.8 Å². The first-order valence-electron chi connectivity index (χ1n) is 13.4. The Balaban J connectivity index is 1.41. The second kappa shape index (κ2) is 10.4. The van der Waals surface area contributed by atoms with E-state index in [4.69, 9.17) is 4.74 Å². The molecule has 1 saturated heterocycles. The number of hydrogen-bond donors (Lipinski definition) is 2. The summed E-state index contributed by atoms with van der Waals surface area (Å²) >= 11 is 0. The van der Waals surface area contributed by atoms with Crippen LogP contribution in [-0.2, 0) is 23.1 Å². The lowest BCUT2D eigenvalue weighted by molar-refractivity contribution is -0.110. The smallest absolute Gasteiger partial charge is 0.337 e. The molecule has 0 bridgehead atoms. The van der Waals surface area contributed by atoms with Gasteiger partial charge in [-0.15, -0.1) is 0 Å². The number of rotatable bonds is 6. The Kier molecular flexibility index (Phi) is 6.67. The lowest BCUT2D eigenvalue weighted by Crippen LogP contribution is -2.29. The van der Waals surface area contributed by atoms with Gasteiger partial charge in [0.05, 0.1) is 23.9 Å². The van der Waals surface area contributed by atoms with E-state index in [1.165, 1.54) is 31.9 Å². The van der Waals surface area contributed by atoms with Crippen molar-refractivity contribution in [3.8, 4) is 0 Å². The highest BCUT2D eigenvalue weighted by Gasteiger charge is 2.30. The Morgan fingerprint density at radius 1 is 0.949 bits per heavy atom. The van der Waals surface area contributed by atoms with E-state index in [0.29, 0.717) is 28.1 Å². The van der Waals surface area contributed by atoms with E-state index < -0.39 is 5.97 Å². The Morgan fingerprint density at radius 3 is 2.49 bits per heavy atom. The lowest BCUT2D eigenvalue weighted by atomic mass is 9.97. The van der Waals surface area contributed by atoms with E-state index in [9.17, 15) is 9.59 Å². The number of aromatic nitrogens is 1. The number of hydrogen-bond acceptors (Lipinski definition) is 5. The third-order valence-corrected chi connectivity index (χ3v) is 7.69. The van der Waals surface area contributed by atoms with Crippen LogP contribution in [0.4, 0.5) is 11.4 Å². The summed E-state index contributed by atoms with van der Waals surface area (Å²) < 4.78 is 7.00. The summed E-state index contributed by atoms with van der Waals surface area (Å²) in [5, 5.41) is 7.60. The van der Waals surface area contributed by atoms with Crippen LogP contribution in [0, 0.1) is 0 Å². The summed E-state index contributed by atoms with van der Waals surface area (Å²) in [5.74, 6) is -0.662. The maximum absolute atomic E-state index is 13.4. The molecule has 1 fully saturated rings. The highest BCUT2D eigenvalue weighted by Crippen LogP contribution is 2.39. The highest BCUT2D eigenvalue weighted by molar-refractivity contribution is 6.37. The Bertz CT molecular complexity index is 1590. The van der Waals surface area contributed by atoms with Gasteiger partial charge in [-0.05, 0) is 85.6 Å². The number of aryl methyl sites for hydroxylation is 1. The number of ether oxygens (including phenoxy) is 1. The van der Waals surface area contributed by atoms with Crippen molar-refractivity contribution in [1.29, 1.82) is 0 Å². The zero-order valence-electron chi connectivity index (χ0n) is 22.3. The van der Waals surface area contributed by atoms with Crippen LogP contribution in [0.25, 0.3) is 22.2 Å².